The van der Waals surface area contributed by atoms with Gasteiger partial charge in [-0.2, -0.15) is 0 Å². The lowest BCUT2D eigenvalue weighted by Crippen LogP contribution is -2.08. The third-order valence-electron chi connectivity index (χ3n) is 2.70. The summed E-state index contributed by atoms with van der Waals surface area (Å²) >= 11 is 0. The SMILES string of the molecule is O=C(O)c1ccc(C#Cc2ccccc2F)cc1C(=O)O. The van der Waals surface area contributed by atoms with Crippen LogP contribution >= 0.6 is 0 Å². The lowest BCUT2D eigenvalue weighted by Gasteiger charge is -2.01. The van der Waals surface area contributed by atoms with Gasteiger partial charge in [-0.3, -0.25) is 0 Å². The molecule has 0 fully saturated rings. The predicted molar refractivity (Wildman–Crippen MR) is 72.7 cm³/mol. The Balaban J connectivity index is 2.44. The molecule has 0 saturated carbocycles. The fourth-order valence-corrected chi connectivity index (χ4v) is 1.69. The van der Waals surface area contributed by atoms with Crippen molar-refractivity contribution >= 4 is 11.9 Å². The van der Waals surface area contributed by atoms with Gasteiger partial charge in [-0.05, 0) is 30.3 Å². The van der Waals surface area contributed by atoms with Crippen molar-refractivity contribution in [3.63, 3.8) is 0 Å². The molecule has 0 atom stereocenters. The highest BCUT2D eigenvalue weighted by Crippen LogP contribution is 2.12. The number of halogens is 1. The van der Waals surface area contributed by atoms with Gasteiger partial charge in [0.2, 0.25) is 0 Å². The van der Waals surface area contributed by atoms with Gasteiger partial charge < -0.3 is 10.2 Å². The zero-order valence-corrected chi connectivity index (χ0v) is 10.6. The Bertz CT molecular complexity index is 784. The highest BCUT2D eigenvalue weighted by Gasteiger charge is 2.15. The number of hydrogen-bond acceptors (Lipinski definition) is 2. The van der Waals surface area contributed by atoms with E-state index in [0.29, 0.717) is 5.56 Å². The van der Waals surface area contributed by atoms with Gasteiger partial charge in [-0.15, -0.1) is 0 Å². The van der Waals surface area contributed by atoms with Crippen LogP contribution in [0, 0.1) is 17.7 Å². The maximum Gasteiger partial charge on any atom is 0.336 e. The molecule has 4 nitrogen and oxygen atoms in total. The van der Waals surface area contributed by atoms with Crippen molar-refractivity contribution in [2.75, 3.05) is 0 Å². The molecule has 0 heterocycles. The van der Waals surface area contributed by atoms with Crippen LogP contribution in [0.5, 0.6) is 0 Å². The van der Waals surface area contributed by atoms with E-state index in [4.69, 9.17) is 10.2 Å². The third kappa shape index (κ3) is 3.25. The van der Waals surface area contributed by atoms with Crippen LogP contribution in [0.1, 0.15) is 31.8 Å². The molecule has 5 heteroatoms. The molecule has 21 heavy (non-hydrogen) atoms. The summed E-state index contributed by atoms with van der Waals surface area (Å²) in [5.41, 5.74) is -0.209. The van der Waals surface area contributed by atoms with Crippen LogP contribution in [0.4, 0.5) is 4.39 Å². The molecular formula is C16H9FO4. The predicted octanol–water partition coefficient (Wildman–Crippen LogP) is 2.62. The summed E-state index contributed by atoms with van der Waals surface area (Å²) < 4.78 is 13.4. The van der Waals surface area contributed by atoms with Crippen molar-refractivity contribution in [2.45, 2.75) is 0 Å². The Labute approximate surface area is 119 Å². The number of hydrogen-bond donors (Lipinski definition) is 2. The lowest BCUT2D eigenvalue weighted by molar-refractivity contribution is 0.0651. The molecule has 0 amide bonds. The Morgan fingerprint density at radius 1 is 0.905 bits per heavy atom. The van der Waals surface area contributed by atoms with E-state index in [1.807, 2.05) is 0 Å². The van der Waals surface area contributed by atoms with Gasteiger partial charge in [0.25, 0.3) is 0 Å². The smallest absolute Gasteiger partial charge is 0.336 e. The second-order valence-electron chi connectivity index (χ2n) is 4.10. The topological polar surface area (TPSA) is 74.6 Å². The third-order valence-corrected chi connectivity index (χ3v) is 2.70. The van der Waals surface area contributed by atoms with Crippen molar-refractivity contribution in [2.24, 2.45) is 0 Å². The zero-order chi connectivity index (χ0) is 15.4. The largest absolute Gasteiger partial charge is 0.478 e. The summed E-state index contributed by atoms with van der Waals surface area (Å²) in [6, 6.07) is 9.61. The molecule has 0 bridgehead atoms. The lowest BCUT2D eigenvalue weighted by atomic mass is 10.0. The first-order valence-corrected chi connectivity index (χ1v) is 5.86. The van der Waals surface area contributed by atoms with Crippen molar-refractivity contribution in [1.29, 1.82) is 0 Å². The van der Waals surface area contributed by atoms with Gasteiger partial charge in [0.15, 0.2) is 0 Å². The molecule has 2 N–H and O–H groups in total. The molecule has 2 aromatic carbocycles. The van der Waals surface area contributed by atoms with Crippen LogP contribution in [-0.4, -0.2) is 22.2 Å². The molecule has 0 spiro atoms. The van der Waals surface area contributed by atoms with E-state index in [0.717, 1.165) is 12.1 Å². The van der Waals surface area contributed by atoms with E-state index in [1.165, 1.54) is 24.3 Å². The Morgan fingerprint density at radius 2 is 1.57 bits per heavy atom. The van der Waals surface area contributed by atoms with Crippen molar-refractivity contribution in [3.8, 4) is 11.8 Å². The highest BCUT2D eigenvalue weighted by atomic mass is 19.1. The molecule has 0 aliphatic carbocycles. The number of rotatable bonds is 2. The minimum Gasteiger partial charge on any atom is -0.478 e. The fourth-order valence-electron chi connectivity index (χ4n) is 1.69. The van der Waals surface area contributed by atoms with E-state index in [9.17, 15) is 14.0 Å². The fraction of sp³-hybridized carbons (Fsp3) is 0. The van der Waals surface area contributed by atoms with Crippen LogP contribution in [0.3, 0.4) is 0 Å². The van der Waals surface area contributed by atoms with Gasteiger partial charge >= 0.3 is 11.9 Å². The van der Waals surface area contributed by atoms with E-state index in [1.54, 1.807) is 6.07 Å². The average Bonchev–Trinajstić information content (AvgIpc) is 2.46. The van der Waals surface area contributed by atoms with Crippen LogP contribution in [0.2, 0.25) is 0 Å². The number of benzene rings is 2. The summed E-state index contributed by atoms with van der Waals surface area (Å²) in [5.74, 6) is 2.02. The molecule has 2 rings (SSSR count). The molecule has 0 unspecified atom stereocenters. The highest BCUT2D eigenvalue weighted by molar-refractivity contribution is 6.01. The Kier molecular flexibility index (Phi) is 4.00. The number of carbonyl (C=O) groups is 2. The van der Waals surface area contributed by atoms with Crippen molar-refractivity contribution in [3.05, 3.63) is 70.5 Å². The number of carboxylic acids is 2. The van der Waals surface area contributed by atoms with Crippen molar-refractivity contribution < 1.29 is 24.2 Å². The second kappa shape index (κ2) is 5.88. The van der Waals surface area contributed by atoms with Crippen molar-refractivity contribution in [1.82, 2.24) is 0 Å². The first kappa shape index (κ1) is 14.3. The molecule has 0 saturated heterocycles. The molecule has 2 aromatic rings. The minimum atomic E-state index is -1.36. The molecular weight excluding hydrogens is 275 g/mol. The summed E-state index contributed by atoms with van der Waals surface area (Å²) in [6.45, 7) is 0. The molecule has 0 aromatic heterocycles. The Morgan fingerprint density at radius 3 is 2.19 bits per heavy atom. The second-order valence-corrected chi connectivity index (χ2v) is 4.10. The molecule has 0 radical (unpaired) electrons. The standard InChI is InChI=1S/C16H9FO4/c17-14-4-2-1-3-11(14)7-5-10-6-8-12(15(18)19)13(9-10)16(20)21/h1-4,6,8-9H,(H,18,19)(H,20,21). The Hall–Kier alpha value is -3.13. The van der Waals surface area contributed by atoms with E-state index in [2.05, 4.69) is 11.8 Å². The van der Waals surface area contributed by atoms with Crippen LogP contribution < -0.4 is 0 Å². The van der Waals surface area contributed by atoms with Gasteiger partial charge in [-0.25, -0.2) is 14.0 Å². The molecule has 104 valence electrons. The summed E-state index contributed by atoms with van der Waals surface area (Å²) in [5, 5.41) is 17.9. The van der Waals surface area contributed by atoms with Gasteiger partial charge in [0.05, 0.1) is 16.7 Å². The zero-order valence-electron chi connectivity index (χ0n) is 10.6. The summed E-state index contributed by atoms with van der Waals surface area (Å²) in [6.07, 6.45) is 0. The van der Waals surface area contributed by atoms with E-state index in [-0.39, 0.29) is 16.7 Å². The maximum atomic E-state index is 13.4. The minimum absolute atomic E-state index is 0.177. The maximum absolute atomic E-state index is 13.4. The van der Waals surface area contributed by atoms with Crippen LogP contribution in [-0.2, 0) is 0 Å². The number of carboxylic acid groups (broad SMARTS) is 2. The van der Waals surface area contributed by atoms with Crippen LogP contribution in [0.25, 0.3) is 0 Å². The summed E-state index contributed by atoms with van der Waals surface area (Å²) in [4.78, 5) is 21.9. The first-order chi connectivity index (χ1) is 9.99. The normalized spacial score (nSPS) is 9.57. The van der Waals surface area contributed by atoms with Gasteiger partial charge in [0, 0.05) is 5.56 Å². The average molecular weight is 284 g/mol. The molecule has 0 aliphatic heterocycles. The molecule has 0 aliphatic rings. The number of aromatic carboxylic acids is 2. The van der Waals surface area contributed by atoms with Crippen LogP contribution in [0.15, 0.2) is 42.5 Å². The van der Waals surface area contributed by atoms with Gasteiger partial charge in [0.1, 0.15) is 5.82 Å². The van der Waals surface area contributed by atoms with Gasteiger partial charge in [-0.1, -0.05) is 24.0 Å². The van der Waals surface area contributed by atoms with E-state index < -0.39 is 17.8 Å². The monoisotopic (exact) mass is 284 g/mol. The van der Waals surface area contributed by atoms with E-state index >= 15 is 0 Å². The quantitative estimate of drug-likeness (QED) is 0.831. The first-order valence-electron chi connectivity index (χ1n) is 5.86. The summed E-state index contributed by atoms with van der Waals surface area (Å²) in [7, 11) is 0.